The van der Waals surface area contributed by atoms with Gasteiger partial charge in [0.2, 0.25) is 0 Å². The van der Waals surface area contributed by atoms with Crippen LogP contribution in [-0.2, 0) is 9.59 Å². The van der Waals surface area contributed by atoms with Gasteiger partial charge in [0.1, 0.15) is 0 Å². The van der Waals surface area contributed by atoms with Crippen molar-refractivity contribution in [1.29, 1.82) is 0 Å². The molecule has 0 rings (SSSR count). The molecule has 20 heavy (non-hydrogen) atoms. The number of aliphatic carboxylic acids is 2. The van der Waals surface area contributed by atoms with Gasteiger partial charge in [-0.2, -0.15) is 0 Å². The van der Waals surface area contributed by atoms with Crippen molar-refractivity contribution in [3.8, 4) is 0 Å². The summed E-state index contributed by atoms with van der Waals surface area (Å²) in [5.74, 6) is -0.853. The molecule has 0 saturated heterocycles. The normalized spacial score (nSPS) is 10.0. The Morgan fingerprint density at radius 3 is 1.60 bits per heavy atom. The summed E-state index contributed by atoms with van der Waals surface area (Å²) in [4.78, 5) is 20.0. The van der Waals surface area contributed by atoms with Crippen molar-refractivity contribution in [3.63, 3.8) is 0 Å². The first-order valence-electron chi connectivity index (χ1n) is 7.83. The summed E-state index contributed by atoms with van der Waals surface area (Å²) in [6.45, 7) is 6.23. The molecule has 4 nitrogen and oxygen atoms in total. The molecular formula is C16H32O4. The summed E-state index contributed by atoms with van der Waals surface area (Å²) in [6.07, 6.45) is 9.73. The summed E-state index contributed by atoms with van der Waals surface area (Å²) in [5, 5.41) is 16.5. The lowest BCUT2D eigenvalue weighted by Gasteiger charge is -1.98. The number of hydrogen-bond donors (Lipinski definition) is 2. The molecule has 0 aromatic rings. The third kappa shape index (κ3) is 25.7. The highest BCUT2D eigenvalue weighted by atomic mass is 16.4. The molecule has 0 fully saturated rings. The van der Waals surface area contributed by atoms with Crippen LogP contribution >= 0.6 is 0 Å². The van der Waals surface area contributed by atoms with Gasteiger partial charge < -0.3 is 10.2 Å². The molecular weight excluding hydrogens is 256 g/mol. The molecule has 0 saturated carbocycles. The van der Waals surface area contributed by atoms with Gasteiger partial charge in [0.05, 0.1) is 0 Å². The highest BCUT2D eigenvalue weighted by Gasteiger charge is 1.98. The molecule has 0 aromatic heterocycles. The Bertz CT molecular complexity index is 237. The zero-order chi connectivity index (χ0) is 15.8. The van der Waals surface area contributed by atoms with Crippen LogP contribution in [0.1, 0.15) is 85.0 Å². The molecule has 120 valence electrons. The Morgan fingerprint density at radius 1 is 0.800 bits per heavy atom. The molecule has 0 bridgehead atoms. The van der Waals surface area contributed by atoms with Crippen LogP contribution in [0.15, 0.2) is 0 Å². The van der Waals surface area contributed by atoms with E-state index in [0.717, 1.165) is 19.3 Å². The highest BCUT2D eigenvalue weighted by molar-refractivity contribution is 5.66. The molecule has 0 amide bonds. The number of carboxylic acid groups (broad SMARTS) is 2. The quantitative estimate of drug-likeness (QED) is 0.539. The molecule has 0 aromatic carbocycles. The van der Waals surface area contributed by atoms with Crippen molar-refractivity contribution >= 4 is 11.9 Å². The van der Waals surface area contributed by atoms with E-state index in [1.165, 1.54) is 32.1 Å². The highest BCUT2D eigenvalue weighted by Crippen LogP contribution is 2.07. The molecule has 0 atom stereocenters. The van der Waals surface area contributed by atoms with Crippen LogP contribution in [0.5, 0.6) is 0 Å². The fraction of sp³-hybridized carbons (Fsp3) is 0.875. The first-order chi connectivity index (χ1) is 9.40. The maximum absolute atomic E-state index is 10.1. The summed E-state index contributed by atoms with van der Waals surface area (Å²) in [7, 11) is 0. The van der Waals surface area contributed by atoms with Gasteiger partial charge in [-0.1, -0.05) is 59.3 Å². The average molecular weight is 288 g/mol. The van der Waals surface area contributed by atoms with Gasteiger partial charge in [-0.25, -0.2) is 0 Å². The lowest BCUT2D eigenvalue weighted by atomic mass is 10.1. The average Bonchev–Trinajstić information content (AvgIpc) is 2.36. The minimum atomic E-state index is -0.696. The summed E-state index contributed by atoms with van der Waals surface area (Å²) < 4.78 is 0. The fourth-order valence-electron chi connectivity index (χ4n) is 1.65. The maximum atomic E-state index is 10.1. The second-order valence-electron chi connectivity index (χ2n) is 5.59. The van der Waals surface area contributed by atoms with Crippen molar-refractivity contribution in [2.75, 3.05) is 0 Å². The number of carboxylic acids is 2. The third-order valence-corrected chi connectivity index (χ3v) is 2.93. The smallest absolute Gasteiger partial charge is 0.303 e. The third-order valence-electron chi connectivity index (χ3n) is 2.93. The van der Waals surface area contributed by atoms with Gasteiger partial charge in [-0.3, -0.25) is 9.59 Å². The number of hydrogen-bond acceptors (Lipinski definition) is 2. The van der Waals surface area contributed by atoms with E-state index in [2.05, 4.69) is 6.92 Å². The zero-order valence-corrected chi connectivity index (χ0v) is 13.4. The van der Waals surface area contributed by atoms with E-state index in [-0.39, 0.29) is 0 Å². The zero-order valence-electron chi connectivity index (χ0n) is 13.4. The largest absolute Gasteiger partial charge is 0.481 e. The molecule has 0 heterocycles. The lowest BCUT2D eigenvalue weighted by molar-refractivity contribution is -0.138. The monoisotopic (exact) mass is 288 g/mol. The van der Waals surface area contributed by atoms with Gasteiger partial charge in [-0.05, 0) is 18.8 Å². The number of carbonyl (C=O) groups is 2. The first-order valence-corrected chi connectivity index (χ1v) is 7.83. The number of rotatable bonds is 11. The summed E-state index contributed by atoms with van der Waals surface area (Å²) in [5.41, 5.74) is 0. The molecule has 0 aliphatic rings. The predicted molar refractivity (Wildman–Crippen MR) is 82.0 cm³/mol. The Hall–Kier alpha value is -1.06. The van der Waals surface area contributed by atoms with Crippen LogP contribution < -0.4 is 0 Å². The summed E-state index contributed by atoms with van der Waals surface area (Å²) >= 11 is 0. The molecule has 0 aliphatic heterocycles. The Kier molecular flexibility index (Phi) is 17.0. The minimum absolute atomic E-state index is 0.303. The molecule has 2 N–H and O–H groups in total. The van der Waals surface area contributed by atoms with Crippen LogP contribution in [0.4, 0.5) is 0 Å². The maximum Gasteiger partial charge on any atom is 0.303 e. The standard InChI is InChI=1S/C10H20O2.C6H12O2/c1-2-3-4-5-6-7-8-9-10(11)12;1-5(2)3-4-6(7)8/h2-9H2,1H3,(H,11,12);5H,3-4H2,1-2H3,(H,7,8). The lowest BCUT2D eigenvalue weighted by Crippen LogP contribution is -1.97. The van der Waals surface area contributed by atoms with Gasteiger partial charge in [0.25, 0.3) is 0 Å². The second-order valence-corrected chi connectivity index (χ2v) is 5.59. The molecule has 0 spiro atoms. The van der Waals surface area contributed by atoms with E-state index in [9.17, 15) is 9.59 Å². The van der Waals surface area contributed by atoms with Gasteiger partial charge in [-0.15, -0.1) is 0 Å². The Morgan fingerprint density at radius 2 is 1.25 bits per heavy atom. The second kappa shape index (κ2) is 16.0. The van der Waals surface area contributed by atoms with E-state index >= 15 is 0 Å². The predicted octanol–water partition coefficient (Wildman–Crippen LogP) is 4.72. The Labute approximate surface area is 123 Å². The minimum Gasteiger partial charge on any atom is -0.481 e. The van der Waals surface area contributed by atoms with Crippen molar-refractivity contribution in [2.45, 2.75) is 85.0 Å². The Balaban J connectivity index is 0. The van der Waals surface area contributed by atoms with Gasteiger partial charge in [0.15, 0.2) is 0 Å². The van der Waals surface area contributed by atoms with Crippen molar-refractivity contribution in [3.05, 3.63) is 0 Å². The number of unbranched alkanes of at least 4 members (excludes halogenated alkanes) is 6. The van der Waals surface area contributed by atoms with E-state index in [1.54, 1.807) is 0 Å². The van der Waals surface area contributed by atoms with Gasteiger partial charge >= 0.3 is 11.9 Å². The molecule has 0 radical (unpaired) electrons. The fourth-order valence-corrected chi connectivity index (χ4v) is 1.65. The molecule has 0 aliphatic carbocycles. The first kappa shape index (κ1) is 21.2. The van der Waals surface area contributed by atoms with Crippen LogP contribution in [0.3, 0.4) is 0 Å². The van der Waals surface area contributed by atoms with E-state index in [0.29, 0.717) is 18.8 Å². The van der Waals surface area contributed by atoms with E-state index < -0.39 is 11.9 Å². The van der Waals surface area contributed by atoms with Crippen molar-refractivity contribution in [2.24, 2.45) is 5.92 Å². The van der Waals surface area contributed by atoms with Crippen molar-refractivity contribution in [1.82, 2.24) is 0 Å². The van der Waals surface area contributed by atoms with Crippen LogP contribution in [-0.4, -0.2) is 22.2 Å². The van der Waals surface area contributed by atoms with Crippen molar-refractivity contribution < 1.29 is 19.8 Å². The van der Waals surface area contributed by atoms with Gasteiger partial charge in [0, 0.05) is 12.8 Å². The van der Waals surface area contributed by atoms with Crippen LogP contribution in [0.2, 0.25) is 0 Å². The topological polar surface area (TPSA) is 74.6 Å². The molecule has 0 unspecified atom stereocenters. The van der Waals surface area contributed by atoms with E-state index in [4.69, 9.17) is 10.2 Å². The summed E-state index contributed by atoms with van der Waals surface area (Å²) in [6, 6.07) is 0. The van der Waals surface area contributed by atoms with Crippen LogP contribution in [0, 0.1) is 5.92 Å². The molecule has 4 heteroatoms. The van der Waals surface area contributed by atoms with E-state index in [1.807, 2.05) is 13.8 Å². The SMILES string of the molecule is CC(C)CCC(=O)O.CCCCCCCCCC(=O)O. The van der Waals surface area contributed by atoms with Crippen LogP contribution in [0.25, 0.3) is 0 Å².